The van der Waals surface area contributed by atoms with E-state index in [0.717, 1.165) is 4.90 Å². The van der Waals surface area contributed by atoms with Gasteiger partial charge in [-0.1, -0.05) is 0 Å². The molecular formula is C9H16N2NaO12P2. The van der Waals surface area contributed by atoms with E-state index >= 15 is 0 Å². The number of rotatable bonds is 6. The number of hydrogen-bond acceptors (Lipinski definition) is 9. The molecule has 0 aromatic rings. The number of hydrogen-bond donors (Lipinski definition) is 6. The van der Waals surface area contributed by atoms with Crippen molar-refractivity contribution in [3.8, 4) is 0 Å². The molecule has 1 radical (unpaired) electrons. The van der Waals surface area contributed by atoms with E-state index in [-0.39, 0.29) is 42.5 Å². The largest absolute Gasteiger partial charge is 0.481 e. The molecule has 0 saturated carbocycles. The summed E-state index contributed by atoms with van der Waals surface area (Å²) in [6.07, 6.45) is -6.10. The molecule has 14 nitrogen and oxygen atoms in total. The molecule has 17 heteroatoms. The molecule has 0 aromatic heterocycles. The van der Waals surface area contributed by atoms with Gasteiger partial charge >= 0.3 is 21.7 Å². The van der Waals surface area contributed by atoms with Gasteiger partial charge in [-0.05, 0) is 0 Å². The second kappa shape index (κ2) is 9.05. The van der Waals surface area contributed by atoms with Crippen LogP contribution in [-0.4, -0.2) is 109 Å². The number of carbonyl (C=O) groups is 2. The van der Waals surface area contributed by atoms with Gasteiger partial charge in [-0.2, -0.15) is 4.31 Å². The van der Waals surface area contributed by atoms with Crippen LogP contribution in [0.2, 0.25) is 0 Å². The van der Waals surface area contributed by atoms with Crippen LogP contribution in [0.4, 0.5) is 4.79 Å². The van der Waals surface area contributed by atoms with Gasteiger partial charge in [-0.15, -0.1) is 0 Å². The number of nitrogens with one attached hydrogen (secondary N) is 1. The first-order valence-electron chi connectivity index (χ1n) is 6.76. The quantitative estimate of drug-likeness (QED) is 0.187. The van der Waals surface area contributed by atoms with Gasteiger partial charge < -0.3 is 29.6 Å². The third-order valence-corrected chi connectivity index (χ3v) is 5.49. The van der Waals surface area contributed by atoms with Gasteiger partial charge in [0.15, 0.2) is 6.23 Å². The zero-order valence-corrected chi connectivity index (χ0v) is 17.2. The molecule has 0 aliphatic carbocycles. The summed E-state index contributed by atoms with van der Waals surface area (Å²) >= 11 is 0. The monoisotopic (exact) mass is 429 g/mol. The van der Waals surface area contributed by atoms with Crippen LogP contribution in [-0.2, 0) is 27.5 Å². The van der Waals surface area contributed by atoms with Crippen molar-refractivity contribution >= 4 is 57.1 Å². The molecular weight excluding hydrogens is 413 g/mol. The summed E-state index contributed by atoms with van der Waals surface area (Å²) in [7, 11) is -10.5. The van der Waals surface area contributed by atoms with Crippen LogP contribution in [0.3, 0.4) is 0 Å². The molecule has 2 saturated heterocycles. The average Bonchev–Trinajstić information content (AvgIpc) is 2.71. The maximum Gasteiger partial charge on any atom is 0.481 e. The Morgan fingerprint density at radius 3 is 2.35 bits per heavy atom. The number of aliphatic hydroxyl groups is 2. The van der Waals surface area contributed by atoms with Crippen LogP contribution < -0.4 is 5.32 Å². The van der Waals surface area contributed by atoms with E-state index in [1.165, 1.54) is 0 Å². The number of carbonyl (C=O) groups excluding carboxylic acids is 2. The summed E-state index contributed by atoms with van der Waals surface area (Å²) in [5.74, 6) is -0.523. The molecule has 0 aromatic carbocycles. The van der Waals surface area contributed by atoms with E-state index in [4.69, 9.17) is 19.4 Å². The van der Waals surface area contributed by atoms with Gasteiger partial charge in [0.25, 0.3) is 0 Å². The predicted octanol–water partition coefficient (Wildman–Crippen LogP) is -2.78. The maximum atomic E-state index is 11.7. The number of phosphoric acid groups is 2. The minimum Gasteiger partial charge on any atom is -0.387 e. The molecule has 2 aliphatic heterocycles. The first kappa shape index (κ1) is 24.1. The summed E-state index contributed by atoms with van der Waals surface area (Å²) in [5, 5.41) is 21.8. The molecule has 145 valence electrons. The number of phosphoric ester groups is 1. The molecule has 5 atom stereocenters. The molecule has 2 aliphatic rings. The predicted molar refractivity (Wildman–Crippen MR) is 80.2 cm³/mol. The SMILES string of the molecule is O=C1CCN([C@@H]2O[C@H](COP(=O)(O)OP(=O)(O)O)[C@@H](O)[C@H]2O)C(=O)N1.[Na]. The van der Waals surface area contributed by atoms with E-state index in [2.05, 4.69) is 8.83 Å². The standard InChI is InChI=1S/C9H16N2O12P2.Na/c12-5-1-2-11(9(15)10-5)8-7(14)6(13)4(22-8)3-21-25(19,20)23-24(16,17)18;/h4,6-8,13-14H,1-3H2,(H,19,20)(H,10,12,15)(H2,16,17,18);/t4-,6-,7-,8-;/m1./s1. The van der Waals surface area contributed by atoms with Crippen LogP contribution in [0, 0.1) is 0 Å². The molecule has 3 amide bonds. The summed E-state index contributed by atoms with van der Waals surface area (Å²) in [4.78, 5) is 49.9. The Morgan fingerprint density at radius 1 is 1.19 bits per heavy atom. The number of aliphatic hydroxyl groups excluding tert-OH is 2. The fourth-order valence-electron chi connectivity index (χ4n) is 2.27. The summed E-state index contributed by atoms with van der Waals surface area (Å²) < 4.78 is 35.0. The third kappa shape index (κ3) is 6.31. The second-order valence-electron chi connectivity index (χ2n) is 5.18. The van der Waals surface area contributed by atoms with Crippen LogP contribution in [0.15, 0.2) is 0 Å². The number of ether oxygens (including phenoxy) is 1. The van der Waals surface area contributed by atoms with Crippen molar-refractivity contribution in [3.05, 3.63) is 0 Å². The van der Waals surface area contributed by atoms with Crippen molar-refractivity contribution in [1.82, 2.24) is 10.2 Å². The van der Waals surface area contributed by atoms with Crippen molar-refractivity contribution in [2.75, 3.05) is 13.2 Å². The van der Waals surface area contributed by atoms with Crippen LogP contribution in [0.1, 0.15) is 6.42 Å². The van der Waals surface area contributed by atoms with Gasteiger partial charge in [0.05, 0.1) is 6.61 Å². The molecule has 6 N–H and O–H groups in total. The summed E-state index contributed by atoms with van der Waals surface area (Å²) in [6, 6.07) is -0.855. The minimum atomic E-state index is -5.31. The average molecular weight is 429 g/mol. The molecule has 26 heavy (non-hydrogen) atoms. The van der Waals surface area contributed by atoms with Crippen LogP contribution in [0.25, 0.3) is 0 Å². The minimum absolute atomic E-state index is 0. The molecule has 0 spiro atoms. The molecule has 2 heterocycles. The van der Waals surface area contributed by atoms with Gasteiger partial charge in [0, 0.05) is 42.5 Å². The van der Waals surface area contributed by atoms with Gasteiger partial charge in [-0.25, -0.2) is 13.9 Å². The van der Waals surface area contributed by atoms with Crippen molar-refractivity contribution in [3.63, 3.8) is 0 Å². The Morgan fingerprint density at radius 2 is 1.81 bits per heavy atom. The van der Waals surface area contributed by atoms with E-state index < -0.39 is 58.7 Å². The van der Waals surface area contributed by atoms with Crippen LogP contribution in [0.5, 0.6) is 0 Å². The Balaban J connectivity index is 0.00000338. The van der Waals surface area contributed by atoms with Gasteiger partial charge in [-0.3, -0.25) is 19.5 Å². The smallest absolute Gasteiger partial charge is 0.387 e. The summed E-state index contributed by atoms with van der Waals surface area (Å²) in [5.41, 5.74) is 0. The summed E-state index contributed by atoms with van der Waals surface area (Å²) in [6.45, 7) is -0.969. The second-order valence-corrected chi connectivity index (χ2v) is 8.01. The number of imide groups is 1. The number of nitrogens with zero attached hydrogens (tertiary/aromatic N) is 1. The van der Waals surface area contributed by atoms with E-state index in [0.29, 0.717) is 0 Å². The van der Waals surface area contributed by atoms with Crippen molar-refractivity contribution in [2.24, 2.45) is 0 Å². The maximum absolute atomic E-state index is 11.7. The number of amides is 3. The van der Waals surface area contributed by atoms with E-state index in [1.54, 1.807) is 0 Å². The van der Waals surface area contributed by atoms with Crippen molar-refractivity contribution in [2.45, 2.75) is 31.0 Å². The topological polar surface area (TPSA) is 212 Å². The Bertz CT molecular complexity index is 642. The van der Waals surface area contributed by atoms with Gasteiger partial charge in [0.2, 0.25) is 5.91 Å². The Hall–Kier alpha value is 0.0800. The fourth-order valence-corrected chi connectivity index (χ4v) is 3.87. The molecule has 1 unspecified atom stereocenters. The van der Waals surface area contributed by atoms with Crippen molar-refractivity contribution in [1.29, 1.82) is 0 Å². The number of urea groups is 1. The zero-order valence-electron chi connectivity index (χ0n) is 13.4. The first-order valence-corrected chi connectivity index (χ1v) is 9.78. The zero-order chi connectivity index (χ0) is 19.0. The third-order valence-electron chi connectivity index (χ3n) is 3.34. The fraction of sp³-hybridized carbons (Fsp3) is 0.778. The molecule has 2 rings (SSSR count). The van der Waals surface area contributed by atoms with E-state index in [1.807, 2.05) is 5.32 Å². The molecule has 0 bridgehead atoms. The van der Waals surface area contributed by atoms with Crippen LogP contribution >= 0.6 is 15.6 Å². The van der Waals surface area contributed by atoms with E-state index in [9.17, 15) is 28.9 Å². The van der Waals surface area contributed by atoms with Crippen molar-refractivity contribution < 1.29 is 57.2 Å². The molecule has 2 fully saturated rings. The first-order chi connectivity index (χ1) is 11.4. The Kier molecular flexibility index (Phi) is 8.40. The normalized spacial score (nSPS) is 32.0. The Labute approximate surface area is 168 Å². The van der Waals surface area contributed by atoms with Gasteiger partial charge in [0.1, 0.15) is 18.3 Å².